The summed E-state index contributed by atoms with van der Waals surface area (Å²) in [7, 11) is 0. The number of hydrogen-bond donors (Lipinski definition) is 2. The van der Waals surface area contributed by atoms with Crippen molar-refractivity contribution in [1.82, 2.24) is 5.32 Å². The van der Waals surface area contributed by atoms with E-state index in [0.717, 1.165) is 0 Å². The van der Waals surface area contributed by atoms with E-state index in [9.17, 15) is 19.1 Å². The van der Waals surface area contributed by atoms with Gasteiger partial charge in [0.15, 0.2) is 0 Å². The fourth-order valence-corrected chi connectivity index (χ4v) is 2.60. The van der Waals surface area contributed by atoms with Crippen LogP contribution in [0.4, 0.5) is 4.39 Å². The van der Waals surface area contributed by atoms with Crippen LogP contribution in [0.1, 0.15) is 31.4 Å². The van der Waals surface area contributed by atoms with Crippen LogP contribution in [-0.2, 0) is 9.59 Å². The molecule has 0 radical (unpaired) electrons. The fourth-order valence-electron chi connectivity index (χ4n) is 2.60. The van der Waals surface area contributed by atoms with Crippen LogP contribution in [0.5, 0.6) is 0 Å². The van der Waals surface area contributed by atoms with E-state index in [2.05, 4.69) is 5.32 Å². The van der Waals surface area contributed by atoms with Gasteiger partial charge in [0.25, 0.3) is 0 Å². The van der Waals surface area contributed by atoms with Gasteiger partial charge in [-0.15, -0.1) is 0 Å². The Labute approximate surface area is 122 Å². The van der Waals surface area contributed by atoms with Crippen LogP contribution < -0.4 is 5.32 Å². The second-order valence-electron chi connectivity index (χ2n) is 5.25. The summed E-state index contributed by atoms with van der Waals surface area (Å²) in [6.07, 6.45) is 4.34. The van der Waals surface area contributed by atoms with Crippen LogP contribution in [0.3, 0.4) is 0 Å². The standard InChI is InChI=1S/C16H18FNO3/c1-10(11-6-4-5-9-14(11)17)18-15(19)12-7-2-3-8-13(12)16(20)21/h2-6,9-10,12-13H,7-8H2,1H3,(H,18,19)(H,20,21)/t10-,12-,13+/m1/s1. The Morgan fingerprint density at radius 3 is 2.48 bits per heavy atom. The zero-order chi connectivity index (χ0) is 15.4. The third kappa shape index (κ3) is 3.48. The van der Waals surface area contributed by atoms with Crippen molar-refractivity contribution in [1.29, 1.82) is 0 Å². The van der Waals surface area contributed by atoms with Crippen LogP contribution in [-0.4, -0.2) is 17.0 Å². The van der Waals surface area contributed by atoms with Gasteiger partial charge in [0, 0.05) is 5.56 Å². The minimum atomic E-state index is -0.974. The molecule has 0 aliphatic heterocycles. The lowest BCUT2D eigenvalue weighted by Gasteiger charge is -2.26. The highest BCUT2D eigenvalue weighted by atomic mass is 19.1. The van der Waals surface area contributed by atoms with E-state index in [0.29, 0.717) is 18.4 Å². The third-order valence-corrected chi connectivity index (χ3v) is 3.82. The summed E-state index contributed by atoms with van der Waals surface area (Å²) in [5.74, 6) is -3.03. The zero-order valence-electron chi connectivity index (χ0n) is 11.8. The lowest BCUT2D eigenvalue weighted by atomic mass is 9.82. The third-order valence-electron chi connectivity index (χ3n) is 3.82. The Kier molecular flexibility index (Phi) is 4.73. The largest absolute Gasteiger partial charge is 0.481 e. The van der Waals surface area contributed by atoms with E-state index in [-0.39, 0.29) is 11.7 Å². The monoisotopic (exact) mass is 291 g/mol. The Hall–Kier alpha value is -2.17. The van der Waals surface area contributed by atoms with E-state index in [1.807, 2.05) is 6.08 Å². The van der Waals surface area contributed by atoms with Gasteiger partial charge in [0.2, 0.25) is 5.91 Å². The molecule has 1 aromatic carbocycles. The average molecular weight is 291 g/mol. The molecule has 0 saturated carbocycles. The number of halogens is 1. The summed E-state index contributed by atoms with van der Waals surface area (Å²) < 4.78 is 13.7. The highest BCUT2D eigenvalue weighted by molar-refractivity contribution is 5.85. The first-order valence-corrected chi connectivity index (χ1v) is 6.93. The molecule has 3 atom stereocenters. The molecule has 112 valence electrons. The van der Waals surface area contributed by atoms with Gasteiger partial charge in [-0.3, -0.25) is 9.59 Å². The van der Waals surface area contributed by atoms with Crippen LogP contribution >= 0.6 is 0 Å². The summed E-state index contributed by atoms with van der Waals surface area (Å²) in [4.78, 5) is 23.5. The lowest BCUT2D eigenvalue weighted by molar-refractivity contribution is -0.147. The number of carboxylic acid groups (broad SMARTS) is 1. The van der Waals surface area contributed by atoms with Gasteiger partial charge in [-0.05, 0) is 25.8 Å². The van der Waals surface area contributed by atoms with Gasteiger partial charge < -0.3 is 10.4 Å². The molecule has 0 heterocycles. The highest BCUT2D eigenvalue weighted by Gasteiger charge is 2.34. The van der Waals surface area contributed by atoms with Crippen molar-refractivity contribution < 1.29 is 19.1 Å². The van der Waals surface area contributed by atoms with Gasteiger partial charge in [0.1, 0.15) is 5.82 Å². The van der Waals surface area contributed by atoms with Crippen molar-refractivity contribution in [3.63, 3.8) is 0 Å². The van der Waals surface area contributed by atoms with Crippen molar-refractivity contribution in [2.24, 2.45) is 11.8 Å². The van der Waals surface area contributed by atoms with E-state index in [1.165, 1.54) is 6.07 Å². The molecule has 0 unspecified atom stereocenters. The molecule has 0 fully saturated rings. The number of carbonyl (C=O) groups is 2. The minimum Gasteiger partial charge on any atom is -0.481 e. The van der Waals surface area contributed by atoms with Gasteiger partial charge in [-0.25, -0.2) is 4.39 Å². The Morgan fingerprint density at radius 1 is 1.24 bits per heavy atom. The van der Waals surface area contributed by atoms with E-state index in [4.69, 9.17) is 0 Å². The molecule has 0 aromatic heterocycles. The van der Waals surface area contributed by atoms with Crippen LogP contribution in [0.2, 0.25) is 0 Å². The van der Waals surface area contributed by atoms with Crippen LogP contribution in [0.25, 0.3) is 0 Å². The smallest absolute Gasteiger partial charge is 0.307 e. The van der Waals surface area contributed by atoms with E-state index >= 15 is 0 Å². The van der Waals surface area contributed by atoms with Crippen LogP contribution in [0.15, 0.2) is 36.4 Å². The molecule has 1 aromatic rings. The first-order valence-electron chi connectivity index (χ1n) is 6.93. The van der Waals surface area contributed by atoms with E-state index in [1.54, 1.807) is 31.2 Å². The maximum atomic E-state index is 13.7. The zero-order valence-corrected chi connectivity index (χ0v) is 11.8. The molecular formula is C16H18FNO3. The maximum absolute atomic E-state index is 13.7. The van der Waals surface area contributed by atoms with Gasteiger partial charge in [-0.1, -0.05) is 30.4 Å². The molecule has 2 rings (SSSR count). The average Bonchev–Trinajstić information content (AvgIpc) is 2.47. The Morgan fingerprint density at radius 2 is 1.86 bits per heavy atom. The molecule has 0 saturated heterocycles. The van der Waals surface area contributed by atoms with Gasteiger partial charge >= 0.3 is 5.97 Å². The second kappa shape index (κ2) is 6.52. The summed E-state index contributed by atoms with van der Waals surface area (Å²) in [6.45, 7) is 1.69. The first kappa shape index (κ1) is 15.2. The fraction of sp³-hybridized carbons (Fsp3) is 0.375. The molecule has 1 amide bonds. The number of rotatable bonds is 4. The minimum absolute atomic E-state index is 0.345. The van der Waals surface area contributed by atoms with Gasteiger partial charge in [-0.2, -0.15) is 0 Å². The van der Waals surface area contributed by atoms with Gasteiger partial charge in [0.05, 0.1) is 17.9 Å². The topological polar surface area (TPSA) is 66.4 Å². The predicted molar refractivity (Wildman–Crippen MR) is 75.9 cm³/mol. The maximum Gasteiger partial charge on any atom is 0.307 e. The van der Waals surface area contributed by atoms with E-state index < -0.39 is 23.8 Å². The number of carboxylic acids is 1. The molecule has 2 N–H and O–H groups in total. The summed E-state index contributed by atoms with van der Waals surface area (Å²) >= 11 is 0. The Balaban J connectivity index is 2.08. The molecule has 0 spiro atoms. The molecule has 0 bridgehead atoms. The van der Waals surface area contributed by atoms with Crippen LogP contribution in [0, 0.1) is 17.7 Å². The number of carbonyl (C=O) groups excluding carboxylic acids is 1. The molecule has 1 aliphatic carbocycles. The number of nitrogens with one attached hydrogen (secondary N) is 1. The SMILES string of the molecule is C[C@@H](NC(=O)[C@@H]1CC=CC[C@@H]1C(=O)O)c1ccccc1F. The summed E-state index contributed by atoms with van der Waals surface area (Å²) in [5.41, 5.74) is 0.393. The molecular weight excluding hydrogens is 273 g/mol. The molecule has 5 heteroatoms. The normalized spacial score (nSPS) is 22.6. The number of hydrogen-bond acceptors (Lipinski definition) is 2. The number of aliphatic carboxylic acids is 1. The predicted octanol–water partition coefficient (Wildman–Crippen LogP) is 2.67. The summed E-state index contributed by atoms with van der Waals surface area (Å²) in [6, 6.07) is 5.72. The Bertz CT molecular complexity index is 570. The first-order chi connectivity index (χ1) is 10.0. The van der Waals surface area contributed by atoms with Crippen molar-refractivity contribution >= 4 is 11.9 Å². The van der Waals surface area contributed by atoms with Crippen molar-refractivity contribution in [3.8, 4) is 0 Å². The quantitative estimate of drug-likeness (QED) is 0.838. The highest BCUT2D eigenvalue weighted by Crippen LogP contribution is 2.27. The second-order valence-corrected chi connectivity index (χ2v) is 5.25. The van der Waals surface area contributed by atoms with Crippen molar-refractivity contribution in [3.05, 3.63) is 47.8 Å². The molecule has 1 aliphatic rings. The van der Waals surface area contributed by atoms with Crippen molar-refractivity contribution in [2.45, 2.75) is 25.8 Å². The lowest BCUT2D eigenvalue weighted by Crippen LogP contribution is -2.39. The van der Waals surface area contributed by atoms with Crippen molar-refractivity contribution in [2.75, 3.05) is 0 Å². The summed E-state index contributed by atoms with van der Waals surface area (Å²) in [5, 5.41) is 11.9. The number of amides is 1. The number of allylic oxidation sites excluding steroid dienone is 2. The molecule has 4 nitrogen and oxygen atoms in total. The molecule has 21 heavy (non-hydrogen) atoms. The number of benzene rings is 1.